The topological polar surface area (TPSA) is 41.6 Å². The fourth-order valence-electron chi connectivity index (χ4n) is 3.88. The van der Waals surface area contributed by atoms with E-state index < -0.39 is 0 Å². The van der Waals surface area contributed by atoms with Gasteiger partial charge in [0.2, 0.25) is 5.91 Å². The van der Waals surface area contributed by atoms with E-state index in [4.69, 9.17) is 4.74 Å². The Morgan fingerprint density at radius 1 is 1.04 bits per heavy atom. The van der Waals surface area contributed by atoms with Crippen LogP contribution in [0.2, 0.25) is 0 Å². The van der Waals surface area contributed by atoms with E-state index in [9.17, 15) is 4.79 Å². The van der Waals surface area contributed by atoms with Crippen LogP contribution in [0.1, 0.15) is 24.1 Å². The molecular formula is C24H26N2O2. The number of fused-ring (bicyclic) bond motifs is 1. The highest BCUT2D eigenvalue weighted by Crippen LogP contribution is 2.24. The van der Waals surface area contributed by atoms with Crippen molar-refractivity contribution in [2.45, 2.75) is 25.6 Å². The minimum Gasteiger partial charge on any atom is -0.369 e. The molecule has 0 radical (unpaired) electrons. The van der Waals surface area contributed by atoms with Gasteiger partial charge in [-0.05, 0) is 28.8 Å². The second kappa shape index (κ2) is 8.55. The Hall–Kier alpha value is -2.69. The van der Waals surface area contributed by atoms with Gasteiger partial charge in [-0.2, -0.15) is 0 Å². The Bertz CT molecular complexity index is 936. The maximum Gasteiger partial charge on any atom is 0.249 e. The van der Waals surface area contributed by atoms with Gasteiger partial charge in [0, 0.05) is 19.1 Å². The number of nitrogens with zero attached hydrogens (tertiary/aromatic N) is 1. The summed E-state index contributed by atoms with van der Waals surface area (Å²) in [5.41, 5.74) is 2.42. The molecule has 144 valence electrons. The van der Waals surface area contributed by atoms with Crippen molar-refractivity contribution < 1.29 is 9.53 Å². The van der Waals surface area contributed by atoms with E-state index in [-0.39, 0.29) is 24.6 Å². The van der Waals surface area contributed by atoms with Gasteiger partial charge >= 0.3 is 0 Å². The lowest BCUT2D eigenvalue weighted by molar-refractivity contribution is -0.148. The molecule has 1 saturated heterocycles. The smallest absolute Gasteiger partial charge is 0.249 e. The van der Waals surface area contributed by atoms with Crippen LogP contribution in [-0.2, 0) is 16.1 Å². The summed E-state index contributed by atoms with van der Waals surface area (Å²) in [7, 11) is 0. The summed E-state index contributed by atoms with van der Waals surface area (Å²) in [6.07, 6.45) is 0. The number of carbonyl (C=O) groups excluding carboxylic acids is 1. The first-order chi connectivity index (χ1) is 13.7. The maximum atomic E-state index is 12.5. The van der Waals surface area contributed by atoms with Gasteiger partial charge in [0.05, 0.1) is 12.6 Å². The molecule has 1 fully saturated rings. The van der Waals surface area contributed by atoms with Crippen LogP contribution in [0.15, 0.2) is 72.8 Å². The van der Waals surface area contributed by atoms with E-state index in [2.05, 4.69) is 66.8 Å². The van der Waals surface area contributed by atoms with Crippen molar-refractivity contribution in [3.63, 3.8) is 0 Å². The van der Waals surface area contributed by atoms with Gasteiger partial charge in [0.1, 0.15) is 6.61 Å². The molecule has 1 aliphatic heterocycles. The summed E-state index contributed by atoms with van der Waals surface area (Å²) < 4.78 is 5.54. The molecule has 3 aromatic carbocycles. The van der Waals surface area contributed by atoms with Crippen molar-refractivity contribution in [3.8, 4) is 0 Å². The van der Waals surface area contributed by atoms with Gasteiger partial charge in [0.25, 0.3) is 0 Å². The monoisotopic (exact) mass is 374 g/mol. The number of hydrogen-bond acceptors (Lipinski definition) is 3. The van der Waals surface area contributed by atoms with Crippen LogP contribution in [0.5, 0.6) is 0 Å². The molecule has 2 atom stereocenters. The lowest BCUT2D eigenvalue weighted by Crippen LogP contribution is -2.53. The number of amides is 1. The van der Waals surface area contributed by atoms with E-state index >= 15 is 0 Å². The molecule has 28 heavy (non-hydrogen) atoms. The predicted octanol–water partition coefficient (Wildman–Crippen LogP) is 3.92. The summed E-state index contributed by atoms with van der Waals surface area (Å²) in [4.78, 5) is 14.4. The Morgan fingerprint density at radius 2 is 1.79 bits per heavy atom. The van der Waals surface area contributed by atoms with Crippen LogP contribution in [0.25, 0.3) is 10.8 Å². The van der Waals surface area contributed by atoms with E-state index in [1.165, 1.54) is 16.3 Å². The molecule has 0 aromatic heterocycles. The Kier molecular flexibility index (Phi) is 5.70. The molecule has 4 rings (SSSR count). The summed E-state index contributed by atoms with van der Waals surface area (Å²) in [6.45, 7) is 4.23. The van der Waals surface area contributed by atoms with E-state index in [1.807, 2.05) is 23.1 Å². The van der Waals surface area contributed by atoms with Crippen LogP contribution >= 0.6 is 0 Å². The third-order valence-electron chi connectivity index (χ3n) is 5.44. The number of benzene rings is 3. The molecule has 3 aromatic rings. The third kappa shape index (κ3) is 4.08. The first kappa shape index (κ1) is 18.7. The highest BCUT2D eigenvalue weighted by molar-refractivity contribution is 5.86. The number of hydrogen-bond donors (Lipinski definition) is 1. The fraction of sp³-hybridized carbons (Fsp3) is 0.292. The quantitative estimate of drug-likeness (QED) is 0.711. The van der Waals surface area contributed by atoms with Gasteiger partial charge in [-0.15, -0.1) is 0 Å². The summed E-state index contributed by atoms with van der Waals surface area (Å²) >= 11 is 0. The predicted molar refractivity (Wildman–Crippen MR) is 112 cm³/mol. The first-order valence-corrected chi connectivity index (χ1v) is 9.84. The molecular weight excluding hydrogens is 348 g/mol. The molecule has 0 spiro atoms. The standard InChI is InChI=1S/C24H26N2O2/c1-18(22-13-7-11-20-10-5-6-12-23(20)22)25-14-21-16-28-17-24(27)26(21)15-19-8-3-2-4-9-19/h2-13,18,21,25H,14-17H2,1H3/t18-,21?/m1/s1. The summed E-state index contributed by atoms with van der Waals surface area (Å²) in [5, 5.41) is 6.13. The zero-order valence-electron chi connectivity index (χ0n) is 16.2. The Balaban J connectivity index is 1.46. The number of rotatable bonds is 6. The largest absolute Gasteiger partial charge is 0.369 e. The molecule has 1 N–H and O–H groups in total. The van der Waals surface area contributed by atoms with Crippen molar-refractivity contribution in [1.82, 2.24) is 10.2 Å². The normalized spacial score (nSPS) is 18.4. The molecule has 0 saturated carbocycles. The molecule has 1 unspecified atom stereocenters. The molecule has 1 aliphatic rings. The second-order valence-electron chi connectivity index (χ2n) is 7.37. The second-order valence-corrected chi connectivity index (χ2v) is 7.37. The molecule has 4 nitrogen and oxygen atoms in total. The number of nitrogens with one attached hydrogen (secondary N) is 1. The van der Waals surface area contributed by atoms with E-state index in [1.54, 1.807) is 0 Å². The highest BCUT2D eigenvalue weighted by Gasteiger charge is 2.29. The Morgan fingerprint density at radius 3 is 2.64 bits per heavy atom. The zero-order chi connectivity index (χ0) is 19.3. The van der Waals surface area contributed by atoms with Crippen LogP contribution in [0, 0.1) is 0 Å². The van der Waals surface area contributed by atoms with E-state index in [0.29, 0.717) is 19.7 Å². The lowest BCUT2D eigenvalue weighted by atomic mass is 9.99. The zero-order valence-corrected chi connectivity index (χ0v) is 16.2. The summed E-state index contributed by atoms with van der Waals surface area (Å²) in [6, 6.07) is 25.2. The molecule has 0 aliphatic carbocycles. The average Bonchev–Trinajstić information content (AvgIpc) is 2.74. The molecule has 0 bridgehead atoms. The SMILES string of the molecule is C[C@@H](NCC1COCC(=O)N1Cc1ccccc1)c1cccc2ccccc12. The van der Waals surface area contributed by atoms with Crippen LogP contribution in [0.4, 0.5) is 0 Å². The third-order valence-corrected chi connectivity index (χ3v) is 5.44. The molecule has 1 amide bonds. The minimum atomic E-state index is 0.0267. The number of morpholine rings is 1. The van der Waals surface area contributed by atoms with Crippen molar-refractivity contribution in [2.75, 3.05) is 19.8 Å². The number of ether oxygens (including phenoxy) is 1. The fourth-order valence-corrected chi connectivity index (χ4v) is 3.88. The van der Waals surface area contributed by atoms with Crippen molar-refractivity contribution in [1.29, 1.82) is 0 Å². The van der Waals surface area contributed by atoms with Crippen LogP contribution in [-0.4, -0.2) is 36.6 Å². The molecule has 1 heterocycles. The van der Waals surface area contributed by atoms with Gasteiger partial charge in [-0.25, -0.2) is 0 Å². The Labute approximate surface area is 166 Å². The minimum absolute atomic E-state index is 0.0267. The van der Waals surface area contributed by atoms with Gasteiger partial charge in [0.15, 0.2) is 0 Å². The van der Waals surface area contributed by atoms with Crippen molar-refractivity contribution in [2.24, 2.45) is 0 Å². The van der Waals surface area contributed by atoms with Gasteiger partial charge in [-0.1, -0.05) is 72.8 Å². The first-order valence-electron chi connectivity index (χ1n) is 9.84. The maximum absolute atomic E-state index is 12.5. The van der Waals surface area contributed by atoms with Gasteiger partial charge < -0.3 is 15.0 Å². The number of carbonyl (C=O) groups is 1. The lowest BCUT2D eigenvalue weighted by Gasteiger charge is -2.36. The van der Waals surface area contributed by atoms with Crippen molar-refractivity contribution in [3.05, 3.63) is 83.9 Å². The van der Waals surface area contributed by atoms with Gasteiger partial charge in [-0.3, -0.25) is 4.79 Å². The van der Waals surface area contributed by atoms with Crippen LogP contribution in [0.3, 0.4) is 0 Å². The average molecular weight is 374 g/mol. The van der Waals surface area contributed by atoms with Crippen molar-refractivity contribution >= 4 is 16.7 Å². The van der Waals surface area contributed by atoms with E-state index in [0.717, 1.165) is 5.56 Å². The summed E-state index contributed by atoms with van der Waals surface area (Å²) in [5.74, 6) is 0.0553. The van der Waals surface area contributed by atoms with Crippen LogP contribution < -0.4 is 5.32 Å². The highest BCUT2D eigenvalue weighted by atomic mass is 16.5. The molecule has 4 heteroatoms.